The van der Waals surface area contributed by atoms with E-state index in [0.717, 1.165) is 11.6 Å². The standard InChI is InChI=1S/C29H25BrF3N7O2/c1-17-26(37-28(42)23-14-25(29(31,32)33)36-24-8-7-21(30)13-22(23)24)18(2)40(38-17)15-19-3-5-20(6-4-19)27(41)35-10-12-39-11-9-34-16-39/h3-9,11,13-14,16H,10,12,15H2,1-2H3,(H,35,41)(H,37,42). The molecule has 0 saturated heterocycles. The van der Waals surface area contributed by atoms with Crippen molar-refractivity contribution in [2.24, 2.45) is 0 Å². The Morgan fingerprint density at radius 1 is 1.02 bits per heavy atom. The van der Waals surface area contributed by atoms with Crippen LogP contribution in [0.15, 0.2) is 71.7 Å². The molecule has 0 spiro atoms. The number of alkyl halides is 3. The highest BCUT2D eigenvalue weighted by molar-refractivity contribution is 9.10. The van der Waals surface area contributed by atoms with Crippen LogP contribution in [0, 0.1) is 13.8 Å². The number of carbonyl (C=O) groups is 2. The van der Waals surface area contributed by atoms with Crippen molar-refractivity contribution in [3.8, 4) is 0 Å². The second-order valence-corrected chi connectivity index (χ2v) is 10.5. The van der Waals surface area contributed by atoms with Crippen molar-refractivity contribution >= 4 is 44.3 Å². The topological polar surface area (TPSA) is 107 Å². The Hall–Kier alpha value is -4.52. The Kier molecular flexibility index (Phi) is 8.12. The lowest BCUT2D eigenvalue weighted by molar-refractivity contribution is -0.141. The molecule has 0 aliphatic heterocycles. The highest BCUT2D eigenvalue weighted by Crippen LogP contribution is 2.32. The number of aromatic nitrogens is 5. The van der Waals surface area contributed by atoms with Crippen LogP contribution in [0.5, 0.6) is 0 Å². The van der Waals surface area contributed by atoms with Gasteiger partial charge in [0, 0.05) is 40.9 Å². The quantitative estimate of drug-likeness (QED) is 0.225. The highest BCUT2D eigenvalue weighted by Gasteiger charge is 2.34. The van der Waals surface area contributed by atoms with E-state index in [1.807, 2.05) is 22.9 Å². The molecule has 5 aromatic rings. The first-order valence-electron chi connectivity index (χ1n) is 12.9. The number of pyridine rings is 1. The lowest BCUT2D eigenvalue weighted by Gasteiger charge is -2.13. The van der Waals surface area contributed by atoms with Crippen molar-refractivity contribution < 1.29 is 22.8 Å². The monoisotopic (exact) mass is 639 g/mol. The minimum absolute atomic E-state index is 0.0534. The maximum absolute atomic E-state index is 13.5. The molecular formula is C29H25BrF3N7O2. The molecule has 0 aliphatic carbocycles. The molecule has 0 saturated carbocycles. The first-order chi connectivity index (χ1) is 20.0. The van der Waals surface area contributed by atoms with Crippen LogP contribution in [0.3, 0.4) is 0 Å². The van der Waals surface area contributed by atoms with E-state index in [1.165, 1.54) is 6.07 Å². The van der Waals surface area contributed by atoms with Crippen LogP contribution < -0.4 is 10.6 Å². The van der Waals surface area contributed by atoms with Crippen LogP contribution >= 0.6 is 15.9 Å². The molecule has 0 unspecified atom stereocenters. The molecule has 0 bridgehead atoms. The van der Waals surface area contributed by atoms with Gasteiger partial charge in [0.25, 0.3) is 11.8 Å². The van der Waals surface area contributed by atoms with Crippen LogP contribution in [-0.2, 0) is 19.3 Å². The molecule has 5 rings (SSSR count). The summed E-state index contributed by atoms with van der Waals surface area (Å²) in [6, 6.07) is 12.4. The molecule has 2 aromatic carbocycles. The van der Waals surface area contributed by atoms with E-state index < -0.39 is 17.8 Å². The number of fused-ring (bicyclic) bond motifs is 1. The van der Waals surface area contributed by atoms with Crippen molar-refractivity contribution in [2.45, 2.75) is 33.1 Å². The average Bonchev–Trinajstić information content (AvgIpc) is 3.56. The Bertz CT molecular complexity index is 1770. The number of nitrogens with one attached hydrogen (secondary N) is 2. The van der Waals surface area contributed by atoms with Crippen LogP contribution in [-0.4, -0.2) is 42.7 Å². The second-order valence-electron chi connectivity index (χ2n) is 9.63. The van der Waals surface area contributed by atoms with Crippen LogP contribution in [0.2, 0.25) is 0 Å². The van der Waals surface area contributed by atoms with Crippen molar-refractivity contribution in [1.82, 2.24) is 29.6 Å². The van der Waals surface area contributed by atoms with E-state index in [-0.39, 0.29) is 22.4 Å². The zero-order valence-corrected chi connectivity index (χ0v) is 24.1. The normalized spacial score (nSPS) is 11.6. The second kappa shape index (κ2) is 11.8. The molecule has 3 heterocycles. The zero-order chi connectivity index (χ0) is 30.0. The molecule has 42 heavy (non-hydrogen) atoms. The van der Waals surface area contributed by atoms with Gasteiger partial charge in [0.1, 0.15) is 5.69 Å². The fourth-order valence-electron chi connectivity index (χ4n) is 4.50. The molecule has 2 N–H and O–H groups in total. The number of benzene rings is 2. The summed E-state index contributed by atoms with van der Waals surface area (Å²) in [5.41, 5.74) is 1.66. The van der Waals surface area contributed by atoms with Crippen molar-refractivity contribution in [3.63, 3.8) is 0 Å². The molecule has 0 atom stereocenters. The van der Waals surface area contributed by atoms with Crippen LogP contribution in [0.25, 0.3) is 10.9 Å². The number of anilines is 1. The van der Waals surface area contributed by atoms with Gasteiger partial charge in [-0.15, -0.1) is 0 Å². The van der Waals surface area contributed by atoms with Crippen molar-refractivity contribution in [1.29, 1.82) is 0 Å². The van der Waals surface area contributed by atoms with Gasteiger partial charge in [-0.3, -0.25) is 14.3 Å². The zero-order valence-electron chi connectivity index (χ0n) is 22.5. The van der Waals surface area contributed by atoms with Gasteiger partial charge in [-0.05, 0) is 55.8 Å². The Balaban J connectivity index is 1.31. The largest absolute Gasteiger partial charge is 0.433 e. The molecule has 0 radical (unpaired) electrons. The Labute approximate surface area is 246 Å². The van der Waals surface area contributed by atoms with Crippen molar-refractivity contribution in [3.05, 3.63) is 105 Å². The summed E-state index contributed by atoms with van der Waals surface area (Å²) in [6.07, 6.45) is 0.459. The smallest absolute Gasteiger partial charge is 0.350 e. The van der Waals surface area contributed by atoms with Gasteiger partial charge >= 0.3 is 6.18 Å². The van der Waals surface area contributed by atoms with Gasteiger partial charge in [-0.2, -0.15) is 18.3 Å². The number of imidazole rings is 1. The number of halogens is 4. The highest BCUT2D eigenvalue weighted by atomic mass is 79.9. The van der Waals surface area contributed by atoms with Gasteiger partial charge < -0.3 is 15.2 Å². The maximum atomic E-state index is 13.5. The van der Waals surface area contributed by atoms with Crippen LogP contribution in [0.1, 0.15) is 43.4 Å². The van der Waals surface area contributed by atoms with Gasteiger partial charge in [0.15, 0.2) is 0 Å². The average molecular weight is 640 g/mol. The van der Waals surface area contributed by atoms with Gasteiger partial charge in [-0.1, -0.05) is 28.1 Å². The number of hydrogen-bond donors (Lipinski definition) is 2. The number of amides is 2. The number of aryl methyl sites for hydroxylation is 1. The van der Waals surface area contributed by atoms with E-state index in [2.05, 4.69) is 41.6 Å². The van der Waals surface area contributed by atoms with E-state index in [0.29, 0.717) is 46.7 Å². The number of carbonyl (C=O) groups excluding carboxylic acids is 2. The van der Waals surface area contributed by atoms with E-state index in [4.69, 9.17) is 0 Å². The molecule has 9 nitrogen and oxygen atoms in total. The third kappa shape index (κ3) is 6.35. The number of nitrogens with zero attached hydrogens (tertiary/aromatic N) is 5. The fraction of sp³-hybridized carbons (Fsp3) is 0.207. The minimum atomic E-state index is -4.72. The summed E-state index contributed by atoms with van der Waals surface area (Å²) in [6.45, 7) is 4.90. The first kappa shape index (κ1) is 29.0. The predicted molar refractivity (Wildman–Crippen MR) is 154 cm³/mol. The molecule has 3 aromatic heterocycles. The number of hydrogen-bond acceptors (Lipinski definition) is 5. The predicted octanol–water partition coefficient (Wildman–Crippen LogP) is 5.76. The van der Waals surface area contributed by atoms with Gasteiger partial charge in [0.05, 0.1) is 41.0 Å². The van der Waals surface area contributed by atoms with E-state index >= 15 is 0 Å². The summed E-state index contributed by atoms with van der Waals surface area (Å²) < 4.78 is 44.8. The summed E-state index contributed by atoms with van der Waals surface area (Å²) in [7, 11) is 0. The molecule has 0 aliphatic rings. The lowest BCUT2D eigenvalue weighted by atomic mass is 10.1. The maximum Gasteiger partial charge on any atom is 0.433 e. The number of rotatable bonds is 8. The third-order valence-corrected chi connectivity index (χ3v) is 7.18. The van der Waals surface area contributed by atoms with Gasteiger partial charge in [0.2, 0.25) is 0 Å². The SMILES string of the molecule is Cc1nn(Cc2ccc(C(=O)NCCn3ccnc3)cc2)c(C)c1NC(=O)c1cc(C(F)(F)F)nc2ccc(Br)cc12. The Morgan fingerprint density at radius 3 is 2.48 bits per heavy atom. The molecule has 13 heteroatoms. The molecule has 0 fully saturated rings. The lowest BCUT2D eigenvalue weighted by Crippen LogP contribution is -2.26. The summed E-state index contributed by atoms with van der Waals surface area (Å²) in [4.78, 5) is 33.5. The van der Waals surface area contributed by atoms with E-state index in [9.17, 15) is 22.8 Å². The van der Waals surface area contributed by atoms with Crippen molar-refractivity contribution in [2.75, 3.05) is 11.9 Å². The first-order valence-corrected chi connectivity index (χ1v) is 13.6. The Morgan fingerprint density at radius 2 is 1.79 bits per heavy atom. The third-order valence-electron chi connectivity index (χ3n) is 6.69. The summed E-state index contributed by atoms with van der Waals surface area (Å²) >= 11 is 3.31. The summed E-state index contributed by atoms with van der Waals surface area (Å²) in [5, 5.41) is 10.4. The minimum Gasteiger partial charge on any atom is -0.350 e. The summed E-state index contributed by atoms with van der Waals surface area (Å²) in [5.74, 6) is -0.901. The molecule has 216 valence electrons. The van der Waals surface area contributed by atoms with Gasteiger partial charge in [-0.25, -0.2) is 9.97 Å². The fourth-order valence-corrected chi connectivity index (χ4v) is 4.86. The molecule has 2 amide bonds. The van der Waals surface area contributed by atoms with E-state index in [1.54, 1.807) is 55.3 Å². The molecular weight excluding hydrogens is 615 g/mol. The van der Waals surface area contributed by atoms with Crippen LogP contribution in [0.4, 0.5) is 18.9 Å².